The molecule has 1 aliphatic heterocycles. The molecular weight excluding hydrogens is 296 g/mol. The molecule has 0 radical (unpaired) electrons. The SMILES string of the molecule is CC1SCC(C(N)Cc2ccc3ccccc3n2)SC1C. The van der Waals surface area contributed by atoms with Crippen LogP contribution in [0.15, 0.2) is 36.4 Å². The molecule has 1 aromatic heterocycles. The molecule has 4 atom stereocenters. The summed E-state index contributed by atoms with van der Waals surface area (Å²) in [5, 5.41) is 3.15. The second kappa shape index (κ2) is 6.59. The molecule has 0 bridgehead atoms. The van der Waals surface area contributed by atoms with Crippen LogP contribution >= 0.6 is 23.5 Å². The molecule has 0 amide bonds. The number of nitrogens with zero attached hydrogens (tertiary/aromatic N) is 1. The van der Waals surface area contributed by atoms with E-state index >= 15 is 0 Å². The van der Waals surface area contributed by atoms with E-state index in [1.807, 2.05) is 12.1 Å². The van der Waals surface area contributed by atoms with E-state index in [0.717, 1.165) is 28.6 Å². The van der Waals surface area contributed by atoms with Gasteiger partial charge in [-0.25, -0.2) is 0 Å². The van der Waals surface area contributed by atoms with E-state index in [1.54, 1.807) is 0 Å². The molecule has 0 aliphatic carbocycles. The van der Waals surface area contributed by atoms with Crippen LogP contribution in [0.4, 0.5) is 0 Å². The van der Waals surface area contributed by atoms with Gasteiger partial charge in [0, 0.05) is 45.0 Å². The summed E-state index contributed by atoms with van der Waals surface area (Å²) in [6.07, 6.45) is 0.865. The van der Waals surface area contributed by atoms with Crippen molar-refractivity contribution in [1.82, 2.24) is 4.98 Å². The van der Waals surface area contributed by atoms with Crippen LogP contribution < -0.4 is 5.73 Å². The van der Waals surface area contributed by atoms with Crippen LogP contribution in [0.2, 0.25) is 0 Å². The first-order chi connectivity index (χ1) is 10.1. The van der Waals surface area contributed by atoms with Crippen molar-refractivity contribution >= 4 is 34.4 Å². The number of fused-ring (bicyclic) bond motifs is 1. The van der Waals surface area contributed by atoms with Crippen molar-refractivity contribution in [3.05, 3.63) is 42.1 Å². The lowest BCUT2D eigenvalue weighted by Gasteiger charge is -2.34. The Morgan fingerprint density at radius 2 is 2.00 bits per heavy atom. The smallest absolute Gasteiger partial charge is 0.0705 e. The van der Waals surface area contributed by atoms with Crippen molar-refractivity contribution in [3.63, 3.8) is 0 Å². The summed E-state index contributed by atoms with van der Waals surface area (Å²) in [5.41, 5.74) is 8.63. The monoisotopic (exact) mass is 318 g/mol. The molecule has 1 fully saturated rings. The number of rotatable bonds is 3. The maximum atomic E-state index is 6.46. The lowest BCUT2D eigenvalue weighted by Crippen LogP contribution is -2.41. The standard InChI is InChI=1S/C17H22N2S2/c1-11-12(2)21-17(10-20-11)15(18)9-14-8-7-13-5-3-4-6-16(13)19-14/h3-8,11-12,15,17H,9-10,18H2,1-2H3. The van der Waals surface area contributed by atoms with Crippen LogP contribution in [0, 0.1) is 0 Å². The molecular formula is C17H22N2S2. The minimum absolute atomic E-state index is 0.186. The molecule has 2 heterocycles. The molecule has 21 heavy (non-hydrogen) atoms. The largest absolute Gasteiger partial charge is 0.326 e. The zero-order valence-corrected chi connectivity index (χ0v) is 14.2. The summed E-state index contributed by atoms with van der Waals surface area (Å²) in [6.45, 7) is 4.63. The number of para-hydroxylation sites is 1. The second-order valence-corrected chi connectivity index (χ2v) is 8.81. The van der Waals surface area contributed by atoms with Gasteiger partial charge < -0.3 is 5.73 Å². The highest BCUT2D eigenvalue weighted by atomic mass is 32.2. The number of hydrogen-bond acceptors (Lipinski definition) is 4. The van der Waals surface area contributed by atoms with Crippen LogP contribution in [-0.4, -0.2) is 32.5 Å². The Hall–Kier alpha value is -0.710. The number of pyridine rings is 1. The predicted octanol–water partition coefficient (Wildman–Crippen LogP) is 3.73. The molecule has 1 aromatic carbocycles. The number of thioether (sulfide) groups is 2. The second-order valence-electron chi connectivity index (χ2n) is 5.78. The summed E-state index contributed by atoms with van der Waals surface area (Å²) in [5.74, 6) is 1.16. The van der Waals surface area contributed by atoms with E-state index < -0.39 is 0 Å². The fraction of sp³-hybridized carbons (Fsp3) is 0.471. The highest BCUT2D eigenvalue weighted by Crippen LogP contribution is 2.37. The maximum Gasteiger partial charge on any atom is 0.0705 e. The molecule has 1 aliphatic rings. The van der Waals surface area contributed by atoms with Crippen LogP contribution in [0.25, 0.3) is 10.9 Å². The predicted molar refractivity (Wildman–Crippen MR) is 96.2 cm³/mol. The molecule has 4 heteroatoms. The van der Waals surface area contributed by atoms with Gasteiger partial charge in [-0.2, -0.15) is 23.5 Å². The third kappa shape index (κ3) is 3.55. The Bertz CT molecular complexity index is 617. The van der Waals surface area contributed by atoms with E-state index in [0.29, 0.717) is 10.5 Å². The van der Waals surface area contributed by atoms with Gasteiger partial charge in [0.2, 0.25) is 0 Å². The van der Waals surface area contributed by atoms with Crippen LogP contribution in [0.1, 0.15) is 19.5 Å². The Labute approximate surface area is 135 Å². The summed E-state index contributed by atoms with van der Waals surface area (Å²) in [6, 6.07) is 12.7. The first kappa shape index (κ1) is 15.2. The van der Waals surface area contributed by atoms with Gasteiger partial charge in [-0.15, -0.1) is 0 Å². The van der Waals surface area contributed by atoms with Gasteiger partial charge in [0.05, 0.1) is 5.52 Å². The van der Waals surface area contributed by atoms with E-state index in [2.05, 4.69) is 61.6 Å². The van der Waals surface area contributed by atoms with Gasteiger partial charge in [0.15, 0.2) is 0 Å². The van der Waals surface area contributed by atoms with Gasteiger partial charge in [-0.05, 0) is 12.1 Å². The summed E-state index contributed by atoms with van der Waals surface area (Å²) in [4.78, 5) is 4.75. The molecule has 2 N–H and O–H groups in total. The summed E-state index contributed by atoms with van der Waals surface area (Å²) < 4.78 is 0. The zero-order chi connectivity index (χ0) is 14.8. The molecule has 2 nitrogen and oxygen atoms in total. The molecule has 0 spiro atoms. The van der Waals surface area contributed by atoms with Gasteiger partial charge in [-0.1, -0.05) is 38.1 Å². The molecule has 1 saturated heterocycles. The Balaban J connectivity index is 1.69. The molecule has 112 valence electrons. The van der Waals surface area contributed by atoms with E-state index in [9.17, 15) is 0 Å². The van der Waals surface area contributed by atoms with Crippen LogP contribution in [0.3, 0.4) is 0 Å². The minimum Gasteiger partial charge on any atom is -0.326 e. The Kier molecular flexibility index (Phi) is 4.77. The summed E-state index contributed by atoms with van der Waals surface area (Å²) >= 11 is 4.11. The van der Waals surface area contributed by atoms with E-state index in [4.69, 9.17) is 10.7 Å². The van der Waals surface area contributed by atoms with Crippen molar-refractivity contribution < 1.29 is 0 Å². The van der Waals surface area contributed by atoms with Crippen molar-refractivity contribution in [3.8, 4) is 0 Å². The van der Waals surface area contributed by atoms with Gasteiger partial charge in [0.1, 0.15) is 0 Å². The topological polar surface area (TPSA) is 38.9 Å². The van der Waals surface area contributed by atoms with Crippen molar-refractivity contribution in [2.24, 2.45) is 5.73 Å². The van der Waals surface area contributed by atoms with Gasteiger partial charge >= 0.3 is 0 Å². The van der Waals surface area contributed by atoms with E-state index in [1.165, 1.54) is 5.39 Å². The van der Waals surface area contributed by atoms with Crippen molar-refractivity contribution in [2.45, 2.75) is 42.1 Å². The van der Waals surface area contributed by atoms with Gasteiger partial charge in [0.25, 0.3) is 0 Å². The maximum absolute atomic E-state index is 6.46. The first-order valence-corrected chi connectivity index (χ1v) is 9.50. The number of aromatic nitrogens is 1. The van der Waals surface area contributed by atoms with E-state index in [-0.39, 0.29) is 6.04 Å². The number of nitrogens with two attached hydrogens (primary N) is 1. The minimum atomic E-state index is 0.186. The molecule has 0 saturated carbocycles. The molecule has 4 unspecified atom stereocenters. The number of benzene rings is 1. The third-order valence-electron chi connectivity index (χ3n) is 4.15. The Morgan fingerprint density at radius 1 is 1.19 bits per heavy atom. The fourth-order valence-corrected chi connectivity index (χ4v) is 5.69. The quantitative estimate of drug-likeness (QED) is 0.936. The highest BCUT2D eigenvalue weighted by molar-refractivity contribution is 8.07. The lowest BCUT2D eigenvalue weighted by atomic mass is 10.1. The lowest BCUT2D eigenvalue weighted by molar-refractivity contribution is 0.648. The van der Waals surface area contributed by atoms with Gasteiger partial charge in [-0.3, -0.25) is 4.98 Å². The average molecular weight is 319 g/mol. The van der Waals surface area contributed by atoms with Crippen LogP contribution in [0.5, 0.6) is 0 Å². The normalized spacial score (nSPS) is 27.7. The zero-order valence-electron chi connectivity index (χ0n) is 12.5. The summed E-state index contributed by atoms with van der Waals surface area (Å²) in [7, 11) is 0. The third-order valence-corrected chi connectivity index (χ3v) is 7.72. The molecule has 3 rings (SSSR count). The fourth-order valence-electron chi connectivity index (χ4n) is 2.63. The molecule has 2 aromatic rings. The highest BCUT2D eigenvalue weighted by Gasteiger charge is 2.29. The van der Waals surface area contributed by atoms with Crippen molar-refractivity contribution in [2.75, 3.05) is 5.75 Å². The van der Waals surface area contributed by atoms with Crippen molar-refractivity contribution in [1.29, 1.82) is 0 Å². The average Bonchev–Trinajstić information content (AvgIpc) is 2.50. The van der Waals surface area contributed by atoms with Crippen LogP contribution in [-0.2, 0) is 6.42 Å². The Morgan fingerprint density at radius 3 is 2.81 bits per heavy atom. The number of hydrogen-bond donors (Lipinski definition) is 1. The first-order valence-electron chi connectivity index (χ1n) is 7.51.